The molecular weight excluding hydrogens is 708 g/mol. The number of hydrogen-bond donors (Lipinski definition) is 9. The van der Waals surface area contributed by atoms with Crippen LogP contribution in [0.1, 0.15) is 79.1 Å². The van der Waals surface area contributed by atoms with Crippen LogP contribution in [-0.2, 0) is 28.4 Å². The van der Waals surface area contributed by atoms with E-state index in [4.69, 9.17) is 28.4 Å². The molecule has 24 atom stereocenters. The Morgan fingerprint density at radius 2 is 1.43 bits per heavy atom. The largest absolute Gasteiger partial charge is 0.394 e. The predicted molar refractivity (Wildman–Crippen MR) is 186 cm³/mol. The van der Waals surface area contributed by atoms with Gasteiger partial charge < -0.3 is 74.4 Å². The molecule has 4 aliphatic heterocycles. The molecule has 15 nitrogen and oxygen atoms in total. The molecule has 0 aromatic rings. The number of rotatable bonds is 6. The highest BCUT2D eigenvalue weighted by Crippen LogP contribution is 2.71. The fourth-order valence-electron chi connectivity index (χ4n) is 13.2. The van der Waals surface area contributed by atoms with Crippen molar-refractivity contribution in [2.75, 3.05) is 19.8 Å². The first kappa shape index (κ1) is 40.2. The molecule has 9 N–H and O–H groups in total. The van der Waals surface area contributed by atoms with Crippen LogP contribution in [0.25, 0.3) is 0 Å². The Hall–Kier alpha value is -0.600. The van der Waals surface area contributed by atoms with Gasteiger partial charge in [-0.25, -0.2) is 0 Å². The van der Waals surface area contributed by atoms with Crippen molar-refractivity contribution in [2.24, 2.45) is 52.3 Å². The van der Waals surface area contributed by atoms with Crippen LogP contribution < -0.4 is 0 Å². The van der Waals surface area contributed by atoms with E-state index in [1.807, 2.05) is 6.92 Å². The van der Waals surface area contributed by atoms with Crippen molar-refractivity contribution >= 4 is 0 Å². The summed E-state index contributed by atoms with van der Waals surface area (Å²) in [6.07, 6.45) is -9.55. The third-order valence-electron chi connectivity index (χ3n) is 16.4. The van der Waals surface area contributed by atoms with Crippen molar-refractivity contribution < 1.29 is 74.4 Å². The molecule has 54 heavy (non-hydrogen) atoms. The molecule has 4 aliphatic carbocycles. The number of ether oxygens (including phenoxy) is 6. The number of hydrogen-bond acceptors (Lipinski definition) is 15. The zero-order valence-corrected chi connectivity index (χ0v) is 31.9. The third-order valence-corrected chi connectivity index (χ3v) is 16.4. The number of aliphatic hydroxyl groups excluding tert-OH is 9. The molecule has 24 unspecified atom stereocenters. The molecule has 0 radical (unpaired) electrons. The highest BCUT2D eigenvalue weighted by molar-refractivity contribution is 5.16. The third kappa shape index (κ3) is 6.18. The van der Waals surface area contributed by atoms with Gasteiger partial charge in [0.05, 0.1) is 44.2 Å². The number of aliphatic hydroxyl groups is 9. The van der Waals surface area contributed by atoms with Gasteiger partial charge in [0, 0.05) is 18.3 Å². The lowest BCUT2D eigenvalue weighted by atomic mass is 9.43. The van der Waals surface area contributed by atoms with Crippen LogP contribution in [0, 0.1) is 52.3 Å². The first-order valence-electron chi connectivity index (χ1n) is 20.5. The van der Waals surface area contributed by atoms with Crippen LogP contribution in [0.5, 0.6) is 0 Å². The minimum Gasteiger partial charge on any atom is -0.394 e. The van der Waals surface area contributed by atoms with Crippen molar-refractivity contribution in [3.63, 3.8) is 0 Å². The summed E-state index contributed by atoms with van der Waals surface area (Å²) in [5.74, 6) is 1.01. The smallest absolute Gasteiger partial charge is 0.186 e. The minimum atomic E-state index is -1.66. The van der Waals surface area contributed by atoms with Crippen molar-refractivity contribution in [1.29, 1.82) is 0 Å². The summed E-state index contributed by atoms with van der Waals surface area (Å²) in [7, 11) is 0. The molecule has 4 heterocycles. The van der Waals surface area contributed by atoms with Gasteiger partial charge in [0.2, 0.25) is 0 Å². The van der Waals surface area contributed by atoms with E-state index in [9.17, 15) is 46.0 Å². The molecule has 8 rings (SSSR count). The summed E-state index contributed by atoms with van der Waals surface area (Å²) >= 11 is 0. The van der Waals surface area contributed by atoms with Gasteiger partial charge in [-0.05, 0) is 85.4 Å². The zero-order valence-electron chi connectivity index (χ0n) is 31.9. The van der Waals surface area contributed by atoms with Crippen molar-refractivity contribution in [3.05, 3.63) is 0 Å². The van der Waals surface area contributed by atoms with Crippen molar-refractivity contribution in [3.8, 4) is 0 Å². The molecule has 1 spiro atoms. The maximum atomic E-state index is 11.4. The summed E-state index contributed by atoms with van der Waals surface area (Å²) in [6.45, 7) is 8.20. The van der Waals surface area contributed by atoms with E-state index in [1.165, 1.54) is 0 Å². The Bertz CT molecular complexity index is 1340. The first-order chi connectivity index (χ1) is 25.5. The van der Waals surface area contributed by atoms with Gasteiger partial charge >= 0.3 is 0 Å². The highest BCUT2D eigenvalue weighted by Gasteiger charge is 2.70. The zero-order chi connectivity index (χ0) is 38.6. The standard InChI is InChI=1S/C39H64O15/c1-16-14-50-39(12-24(16)51-36-34(48)32(46)30(44)26(53-36)15-49-35-33(47)31(45)29(43)25(13-40)52-35)17(2)28-23(54-39)11-22-20-6-5-18-9-19(41)10-27(42)38(18,4)21(20)7-8-37(22,28)3/h16-36,40-48H,5-15H2,1-4H3. The molecule has 0 aromatic heterocycles. The van der Waals surface area contributed by atoms with Gasteiger partial charge in [-0.15, -0.1) is 0 Å². The fraction of sp³-hybridized carbons (Fsp3) is 1.00. The van der Waals surface area contributed by atoms with Crippen molar-refractivity contribution in [2.45, 2.75) is 171 Å². The Kier molecular flexibility index (Phi) is 10.9. The summed E-state index contributed by atoms with van der Waals surface area (Å²) in [6, 6.07) is 0. The normalized spacial score (nSPS) is 60.1. The fourth-order valence-corrected chi connectivity index (χ4v) is 13.2. The average molecular weight is 773 g/mol. The molecule has 0 bridgehead atoms. The van der Waals surface area contributed by atoms with E-state index >= 15 is 0 Å². The molecule has 8 aliphatic rings. The summed E-state index contributed by atoms with van der Waals surface area (Å²) in [5.41, 5.74) is -0.139. The summed E-state index contributed by atoms with van der Waals surface area (Å²) < 4.78 is 37.1. The van der Waals surface area contributed by atoms with Crippen LogP contribution in [0.3, 0.4) is 0 Å². The van der Waals surface area contributed by atoms with Gasteiger partial charge in [-0.2, -0.15) is 0 Å². The topological polar surface area (TPSA) is 237 Å². The lowest BCUT2D eigenvalue weighted by Gasteiger charge is -2.62. The van der Waals surface area contributed by atoms with Crippen LogP contribution >= 0.6 is 0 Å². The van der Waals surface area contributed by atoms with Gasteiger partial charge in [-0.1, -0.05) is 27.7 Å². The SMILES string of the molecule is CC1COC2(CC1OC1OC(COC3OC(CO)C(O)C(O)C3O)C(O)C(O)C1O)OC1CC3C4CCC5CC(O)CC(O)C5(C)C4CCC3(C)C1C2C. The average Bonchev–Trinajstić information content (AvgIpc) is 3.58. The molecule has 0 amide bonds. The van der Waals surface area contributed by atoms with E-state index in [0.29, 0.717) is 43.1 Å². The highest BCUT2D eigenvalue weighted by atomic mass is 16.7. The lowest BCUT2D eigenvalue weighted by Crippen LogP contribution is -2.62. The predicted octanol–water partition coefficient (Wildman–Crippen LogP) is -0.616. The Morgan fingerprint density at radius 3 is 2.15 bits per heavy atom. The van der Waals surface area contributed by atoms with E-state index in [1.54, 1.807) is 0 Å². The molecule has 15 heteroatoms. The van der Waals surface area contributed by atoms with Crippen LogP contribution in [0.15, 0.2) is 0 Å². The molecular formula is C39H64O15. The Balaban J connectivity index is 0.935. The quantitative estimate of drug-likeness (QED) is 0.164. The Labute approximate surface area is 316 Å². The monoisotopic (exact) mass is 772 g/mol. The first-order valence-corrected chi connectivity index (χ1v) is 20.5. The molecule has 310 valence electrons. The van der Waals surface area contributed by atoms with E-state index < -0.39 is 98.7 Å². The summed E-state index contributed by atoms with van der Waals surface area (Å²) in [4.78, 5) is 0. The molecule has 0 aromatic carbocycles. The molecule has 8 fully saturated rings. The maximum Gasteiger partial charge on any atom is 0.186 e. The minimum absolute atomic E-state index is 0.00359. The van der Waals surface area contributed by atoms with E-state index in [0.717, 1.165) is 38.5 Å². The van der Waals surface area contributed by atoms with Gasteiger partial charge in [0.25, 0.3) is 0 Å². The van der Waals surface area contributed by atoms with Gasteiger partial charge in [0.1, 0.15) is 48.8 Å². The van der Waals surface area contributed by atoms with Crippen LogP contribution in [0.4, 0.5) is 0 Å². The maximum absolute atomic E-state index is 11.4. The van der Waals surface area contributed by atoms with Gasteiger partial charge in [0.15, 0.2) is 18.4 Å². The van der Waals surface area contributed by atoms with Crippen molar-refractivity contribution in [1.82, 2.24) is 0 Å². The van der Waals surface area contributed by atoms with Crippen LogP contribution in [0.2, 0.25) is 0 Å². The Morgan fingerprint density at radius 1 is 0.741 bits per heavy atom. The second-order valence-electron chi connectivity index (χ2n) is 18.9. The van der Waals surface area contributed by atoms with E-state index in [2.05, 4.69) is 20.8 Å². The van der Waals surface area contributed by atoms with E-state index in [-0.39, 0.29) is 34.7 Å². The second kappa shape index (κ2) is 14.6. The van der Waals surface area contributed by atoms with Gasteiger partial charge in [-0.3, -0.25) is 0 Å². The summed E-state index contributed by atoms with van der Waals surface area (Å²) in [5, 5.41) is 94.6. The lowest BCUT2D eigenvalue weighted by molar-refractivity contribution is -0.353. The number of fused-ring (bicyclic) bond motifs is 7. The molecule has 4 saturated carbocycles. The molecule has 4 saturated heterocycles. The van der Waals surface area contributed by atoms with Crippen LogP contribution in [-0.4, -0.2) is 157 Å². The second-order valence-corrected chi connectivity index (χ2v) is 18.9.